The zero-order valence-electron chi connectivity index (χ0n) is 18.9. The molecule has 3 heterocycles. The third-order valence-electron chi connectivity index (χ3n) is 5.69. The largest absolute Gasteiger partial charge is 0.354 e. The fraction of sp³-hybridized carbons (Fsp3) is 0.308. The predicted octanol–water partition coefficient (Wildman–Crippen LogP) is 4.71. The molecule has 0 aliphatic carbocycles. The van der Waals surface area contributed by atoms with Crippen molar-refractivity contribution in [3.05, 3.63) is 90.0 Å². The van der Waals surface area contributed by atoms with Crippen LogP contribution in [0.4, 0.5) is 5.82 Å². The molecule has 0 bridgehead atoms. The summed E-state index contributed by atoms with van der Waals surface area (Å²) in [6, 6.07) is 4.09. The van der Waals surface area contributed by atoms with Gasteiger partial charge in [0.25, 0.3) is 0 Å². The van der Waals surface area contributed by atoms with E-state index >= 15 is 0 Å². The van der Waals surface area contributed by atoms with Crippen LogP contribution in [-0.4, -0.2) is 49.3 Å². The number of nitrogens with one attached hydrogen (secondary N) is 1. The highest BCUT2D eigenvalue weighted by atomic mass is 15.3. The third-order valence-corrected chi connectivity index (χ3v) is 5.69. The molecule has 0 spiro atoms. The summed E-state index contributed by atoms with van der Waals surface area (Å²) in [6.45, 7) is 16.3. The van der Waals surface area contributed by atoms with Gasteiger partial charge in [0.15, 0.2) is 0 Å². The van der Waals surface area contributed by atoms with Gasteiger partial charge in [-0.25, -0.2) is 9.98 Å². The van der Waals surface area contributed by atoms with Crippen LogP contribution >= 0.6 is 0 Å². The molecule has 3 rings (SSSR count). The van der Waals surface area contributed by atoms with Gasteiger partial charge in [-0.1, -0.05) is 37.5 Å². The zero-order valence-corrected chi connectivity index (χ0v) is 18.9. The molecule has 0 atom stereocenters. The fourth-order valence-corrected chi connectivity index (χ4v) is 3.43. The highest BCUT2D eigenvalue weighted by Gasteiger charge is 2.16. The number of nitrogens with zero attached hydrogens (tertiary/aromatic N) is 4. The first-order valence-corrected chi connectivity index (χ1v) is 10.8. The lowest BCUT2D eigenvalue weighted by Gasteiger charge is -2.33. The maximum atomic E-state index is 4.56. The Morgan fingerprint density at radius 3 is 2.65 bits per heavy atom. The van der Waals surface area contributed by atoms with Gasteiger partial charge in [-0.3, -0.25) is 0 Å². The van der Waals surface area contributed by atoms with E-state index in [1.165, 1.54) is 5.57 Å². The SMILES string of the molecule is C=CC(=C\C=C1\C=NC(NC(=C)c2ccnc(N3CCN(C)CC3)c2)=CC1)/C(C)=C/C. The second-order valence-electron chi connectivity index (χ2n) is 7.89. The van der Waals surface area contributed by atoms with E-state index < -0.39 is 0 Å². The summed E-state index contributed by atoms with van der Waals surface area (Å²) in [7, 11) is 2.16. The molecule has 0 amide bonds. The van der Waals surface area contributed by atoms with Gasteiger partial charge in [-0.05, 0) is 62.2 Å². The summed E-state index contributed by atoms with van der Waals surface area (Å²) >= 11 is 0. The Labute approximate surface area is 186 Å². The van der Waals surface area contributed by atoms with Crippen LogP contribution in [0.2, 0.25) is 0 Å². The molecule has 5 heteroatoms. The van der Waals surface area contributed by atoms with Crippen molar-refractivity contribution in [3.8, 4) is 0 Å². The van der Waals surface area contributed by atoms with Gasteiger partial charge in [-0.2, -0.15) is 0 Å². The minimum absolute atomic E-state index is 0.817. The quantitative estimate of drug-likeness (QED) is 0.655. The van der Waals surface area contributed by atoms with Crippen LogP contribution in [-0.2, 0) is 0 Å². The van der Waals surface area contributed by atoms with Gasteiger partial charge >= 0.3 is 0 Å². The van der Waals surface area contributed by atoms with E-state index in [1.54, 1.807) is 0 Å². The number of hydrogen-bond acceptors (Lipinski definition) is 5. The normalized spacial score (nSPS) is 19.4. The minimum atomic E-state index is 0.817. The first kappa shape index (κ1) is 22.5. The Hall–Kier alpha value is -3.18. The van der Waals surface area contributed by atoms with Crippen LogP contribution in [0.5, 0.6) is 0 Å². The molecule has 1 aromatic heterocycles. The van der Waals surface area contributed by atoms with Gasteiger partial charge in [0, 0.05) is 49.9 Å². The maximum Gasteiger partial charge on any atom is 0.129 e. The highest BCUT2D eigenvalue weighted by Crippen LogP contribution is 2.20. The van der Waals surface area contributed by atoms with Crippen LogP contribution in [0, 0.1) is 0 Å². The van der Waals surface area contributed by atoms with Gasteiger partial charge in [-0.15, -0.1) is 0 Å². The summed E-state index contributed by atoms with van der Waals surface area (Å²) in [5, 5.41) is 3.34. The third kappa shape index (κ3) is 6.15. The molecule has 0 saturated carbocycles. The summed E-state index contributed by atoms with van der Waals surface area (Å²) in [4.78, 5) is 13.8. The standard InChI is InChI=1S/C26H33N5/c1-6-20(3)23(7-2)10-8-22-9-11-25(28-19-22)29-21(4)24-12-13-27-26(18-24)31-16-14-30(5)15-17-31/h6-8,10-13,18-19,29H,2,4,9,14-17H2,1,3,5H3/b20-6+,22-8+,23-10+. The first-order chi connectivity index (χ1) is 15.0. The molecule has 5 nitrogen and oxygen atoms in total. The number of hydrogen-bond donors (Lipinski definition) is 1. The van der Waals surface area contributed by atoms with E-state index in [9.17, 15) is 0 Å². The van der Waals surface area contributed by atoms with E-state index in [0.29, 0.717) is 0 Å². The van der Waals surface area contributed by atoms with Crippen LogP contribution in [0.15, 0.2) is 89.4 Å². The number of aromatic nitrogens is 1. The van der Waals surface area contributed by atoms with Crippen molar-refractivity contribution >= 4 is 17.7 Å². The van der Waals surface area contributed by atoms with Crippen molar-refractivity contribution in [2.75, 3.05) is 38.1 Å². The molecule has 1 aromatic rings. The fourth-order valence-electron chi connectivity index (χ4n) is 3.43. The van der Waals surface area contributed by atoms with E-state index in [2.05, 4.69) is 82.6 Å². The van der Waals surface area contributed by atoms with Crippen LogP contribution in [0.25, 0.3) is 5.70 Å². The van der Waals surface area contributed by atoms with E-state index in [0.717, 1.165) is 66.6 Å². The van der Waals surface area contributed by atoms with Crippen LogP contribution in [0.1, 0.15) is 25.8 Å². The smallest absolute Gasteiger partial charge is 0.129 e. The number of pyridine rings is 1. The predicted molar refractivity (Wildman–Crippen MR) is 133 cm³/mol. The van der Waals surface area contributed by atoms with E-state index in [-0.39, 0.29) is 0 Å². The highest BCUT2D eigenvalue weighted by molar-refractivity contribution is 5.82. The molecule has 162 valence electrons. The Kier molecular flexibility index (Phi) is 7.79. The molecule has 0 radical (unpaired) electrons. The van der Waals surface area contributed by atoms with Gasteiger partial charge in [0.1, 0.15) is 11.6 Å². The van der Waals surface area contributed by atoms with E-state index in [1.807, 2.05) is 31.5 Å². The molecule has 2 aliphatic rings. The zero-order chi connectivity index (χ0) is 22.2. The van der Waals surface area contributed by atoms with Crippen LogP contribution < -0.4 is 10.2 Å². The molecule has 1 N–H and O–H groups in total. The lowest BCUT2D eigenvalue weighted by Crippen LogP contribution is -2.44. The monoisotopic (exact) mass is 415 g/mol. The van der Waals surface area contributed by atoms with Crippen molar-refractivity contribution in [2.24, 2.45) is 4.99 Å². The maximum absolute atomic E-state index is 4.56. The molecule has 0 unspecified atom stereocenters. The topological polar surface area (TPSA) is 43.8 Å². The number of likely N-dealkylation sites (N-methyl/N-ethyl adjacent to an activating group) is 1. The summed E-state index contributed by atoms with van der Waals surface area (Å²) < 4.78 is 0. The second kappa shape index (κ2) is 10.7. The van der Waals surface area contributed by atoms with Crippen molar-refractivity contribution in [2.45, 2.75) is 20.3 Å². The van der Waals surface area contributed by atoms with E-state index in [4.69, 9.17) is 0 Å². The average molecular weight is 416 g/mol. The van der Waals surface area contributed by atoms with Gasteiger partial charge in [0.2, 0.25) is 0 Å². The summed E-state index contributed by atoms with van der Waals surface area (Å²) in [6.07, 6.45) is 14.8. The Bertz CT molecular complexity index is 969. The lowest BCUT2D eigenvalue weighted by atomic mass is 10.1. The molecular weight excluding hydrogens is 382 g/mol. The number of aliphatic imine (C=N–C) groups is 1. The number of allylic oxidation sites excluding steroid dienone is 8. The molecule has 1 fully saturated rings. The lowest BCUT2D eigenvalue weighted by molar-refractivity contribution is 0.312. The van der Waals surface area contributed by atoms with Gasteiger partial charge in [0.05, 0.1) is 0 Å². The van der Waals surface area contributed by atoms with Crippen molar-refractivity contribution in [1.82, 2.24) is 15.2 Å². The van der Waals surface area contributed by atoms with Crippen LogP contribution in [0.3, 0.4) is 0 Å². The van der Waals surface area contributed by atoms with Crippen molar-refractivity contribution in [3.63, 3.8) is 0 Å². The first-order valence-electron chi connectivity index (χ1n) is 10.8. The average Bonchev–Trinajstić information content (AvgIpc) is 2.80. The summed E-state index contributed by atoms with van der Waals surface area (Å²) in [5.41, 5.74) is 5.34. The van der Waals surface area contributed by atoms with Crippen molar-refractivity contribution < 1.29 is 0 Å². The molecule has 31 heavy (non-hydrogen) atoms. The Morgan fingerprint density at radius 2 is 2.00 bits per heavy atom. The second-order valence-corrected chi connectivity index (χ2v) is 7.89. The Balaban J connectivity index is 1.61. The minimum Gasteiger partial charge on any atom is -0.354 e. The molecule has 2 aliphatic heterocycles. The summed E-state index contributed by atoms with van der Waals surface area (Å²) in [5.74, 6) is 1.82. The molecule has 1 saturated heterocycles. The van der Waals surface area contributed by atoms with Gasteiger partial charge < -0.3 is 15.1 Å². The Morgan fingerprint density at radius 1 is 1.23 bits per heavy atom. The molecular formula is C26H33N5. The van der Waals surface area contributed by atoms with Crippen molar-refractivity contribution in [1.29, 1.82) is 0 Å². The number of rotatable bonds is 7. The number of piperazine rings is 1. The number of anilines is 1. The molecule has 0 aromatic carbocycles.